The Morgan fingerprint density at radius 2 is 1.85 bits per heavy atom. The van der Waals surface area contributed by atoms with Gasteiger partial charge in [0.05, 0.1) is 0 Å². The van der Waals surface area contributed by atoms with Crippen LogP contribution in [0.5, 0.6) is 0 Å². The maximum absolute atomic E-state index is 12.1. The van der Waals surface area contributed by atoms with E-state index in [0.29, 0.717) is 5.82 Å². The molecule has 0 aliphatic heterocycles. The van der Waals surface area contributed by atoms with Crippen LogP contribution >= 0.6 is 0 Å². The average Bonchev–Trinajstić information content (AvgIpc) is 2.47. The number of sulfonamides is 1. The Labute approximate surface area is 118 Å². The van der Waals surface area contributed by atoms with E-state index in [4.69, 9.17) is 5.84 Å². The van der Waals surface area contributed by atoms with Crippen LogP contribution in [0.15, 0.2) is 47.5 Å². The fourth-order valence-electron chi connectivity index (χ4n) is 1.59. The minimum Gasteiger partial charge on any atom is -0.308 e. The van der Waals surface area contributed by atoms with Crippen molar-refractivity contribution >= 4 is 15.8 Å². The third-order valence-corrected chi connectivity index (χ3v) is 4.17. The summed E-state index contributed by atoms with van der Waals surface area (Å²) in [6.45, 7) is 2.21. The van der Waals surface area contributed by atoms with Crippen molar-refractivity contribution in [3.8, 4) is 0 Å². The fraction of sp³-hybridized carbons (Fsp3) is 0.154. The van der Waals surface area contributed by atoms with Gasteiger partial charge in [0.15, 0.2) is 0 Å². The van der Waals surface area contributed by atoms with Crippen LogP contribution in [0.25, 0.3) is 0 Å². The lowest BCUT2D eigenvalue weighted by Gasteiger charge is -2.07. The Bertz CT molecular complexity index is 667. The summed E-state index contributed by atoms with van der Waals surface area (Å²) in [6.07, 6.45) is 1.26. The zero-order valence-electron chi connectivity index (χ0n) is 11.0. The van der Waals surface area contributed by atoms with E-state index >= 15 is 0 Å². The van der Waals surface area contributed by atoms with Gasteiger partial charge in [-0.1, -0.05) is 29.8 Å². The van der Waals surface area contributed by atoms with Crippen molar-refractivity contribution in [2.24, 2.45) is 5.84 Å². The Kier molecular flexibility index (Phi) is 4.33. The number of hydrogen-bond donors (Lipinski definition) is 3. The molecule has 0 bridgehead atoms. The Morgan fingerprint density at radius 3 is 2.40 bits per heavy atom. The number of nitrogens with one attached hydrogen (secondary N) is 2. The first-order valence-corrected chi connectivity index (χ1v) is 7.47. The second-order valence-electron chi connectivity index (χ2n) is 4.33. The highest BCUT2D eigenvalue weighted by Gasteiger charge is 2.13. The normalized spacial score (nSPS) is 11.3. The van der Waals surface area contributed by atoms with E-state index in [2.05, 4.69) is 15.1 Å². The van der Waals surface area contributed by atoms with Gasteiger partial charge in [-0.2, -0.15) is 0 Å². The summed E-state index contributed by atoms with van der Waals surface area (Å²) >= 11 is 0. The molecule has 0 fully saturated rings. The van der Waals surface area contributed by atoms with Gasteiger partial charge in [-0.25, -0.2) is 24.0 Å². The van der Waals surface area contributed by atoms with Crippen LogP contribution in [-0.2, 0) is 16.6 Å². The number of aryl methyl sites for hydroxylation is 1. The van der Waals surface area contributed by atoms with Crippen molar-refractivity contribution in [3.63, 3.8) is 0 Å². The Hall–Kier alpha value is -1.96. The van der Waals surface area contributed by atoms with E-state index in [0.717, 1.165) is 11.1 Å². The molecule has 7 heteroatoms. The number of aromatic nitrogens is 1. The molecule has 0 aliphatic rings. The van der Waals surface area contributed by atoms with Crippen LogP contribution in [-0.4, -0.2) is 13.4 Å². The predicted octanol–water partition coefficient (Wildman–Crippen LogP) is 1.15. The van der Waals surface area contributed by atoms with Crippen molar-refractivity contribution in [2.45, 2.75) is 18.4 Å². The molecule has 0 spiro atoms. The molecule has 0 saturated carbocycles. The van der Waals surface area contributed by atoms with Crippen LogP contribution in [0, 0.1) is 6.92 Å². The molecule has 0 aliphatic carbocycles. The molecule has 0 unspecified atom stereocenters. The topological polar surface area (TPSA) is 97.1 Å². The molecule has 1 aromatic carbocycles. The highest BCUT2D eigenvalue weighted by molar-refractivity contribution is 7.89. The van der Waals surface area contributed by atoms with E-state index in [9.17, 15) is 8.42 Å². The summed E-state index contributed by atoms with van der Waals surface area (Å²) < 4.78 is 26.7. The van der Waals surface area contributed by atoms with E-state index in [1.807, 2.05) is 31.2 Å². The molecular formula is C13H16N4O2S. The zero-order valence-corrected chi connectivity index (χ0v) is 11.8. The number of hydrogen-bond acceptors (Lipinski definition) is 5. The van der Waals surface area contributed by atoms with E-state index in [1.54, 1.807) is 0 Å². The van der Waals surface area contributed by atoms with Crippen LogP contribution in [0.1, 0.15) is 11.1 Å². The number of nitrogen functional groups attached to an aromatic ring is 1. The minimum absolute atomic E-state index is 0.101. The summed E-state index contributed by atoms with van der Waals surface area (Å²) in [5.41, 5.74) is 4.37. The SMILES string of the molecule is Cc1ccc(CNS(=O)(=O)c2ccc(NN)nc2)cc1. The predicted molar refractivity (Wildman–Crippen MR) is 77.3 cm³/mol. The van der Waals surface area contributed by atoms with Gasteiger partial charge in [0, 0.05) is 12.7 Å². The zero-order chi connectivity index (χ0) is 14.6. The Morgan fingerprint density at radius 1 is 1.15 bits per heavy atom. The average molecular weight is 292 g/mol. The lowest BCUT2D eigenvalue weighted by atomic mass is 10.2. The molecule has 0 radical (unpaired) electrons. The molecule has 6 nitrogen and oxygen atoms in total. The van der Waals surface area contributed by atoms with Crippen LogP contribution in [0.3, 0.4) is 0 Å². The van der Waals surface area contributed by atoms with Crippen molar-refractivity contribution in [2.75, 3.05) is 5.43 Å². The molecule has 1 aromatic heterocycles. The van der Waals surface area contributed by atoms with E-state index < -0.39 is 10.0 Å². The molecule has 0 atom stereocenters. The van der Waals surface area contributed by atoms with Gasteiger partial charge in [0.25, 0.3) is 0 Å². The smallest absolute Gasteiger partial charge is 0.242 e. The lowest BCUT2D eigenvalue weighted by Crippen LogP contribution is -2.23. The van der Waals surface area contributed by atoms with Gasteiger partial charge < -0.3 is 5.43 Å². The number of nitrogens with two attached hydrogens (primary N) is 1. The number of nitrogens with zero attached hydrogens (tertiary/aromatic N) is 1. The van der Waals surface area contributed by atoms with E-state index in [-0.39, 0.29) is 11.4 Å². The number of anilines is 1. The highest BCUT2D eigenvalue weighted by Crippen LogP contribution is 2.11. The maximum atomic E-state index is 12.1. The summed E-state index contributed by atoms with van der Waals surface area (Å²) in [4.78, 5) is 3.98. The van der Waals surface area contributed by atoms with Gasteiger partial charge >= 0.3 is 0 Å². The van der Waals surface area contributed by atoms with Crippen molar-refractivity contribution < 1.29 is 8.42 Å². The quantitative estimate of drug-likeness (QED) is 0.567. The standard InChI is InChI=1S/C13H16N4O2S/c1-10-2-4-11(5-3-10)8-16-20(18,19)12-6-7-13(17-14)15-9-12/h2-7,9,16H,8,14H2,1H3,(H,15,17). The monoisotopic (exact) mass is 292 g/mol. The molecule has 2 rings (SSSR count). The summed E-state index contributed by atoms with van der Waals surface area (Å²) in [5.74, 6) is 5.58. The largest absolute Gasteiger partial charge is 0.308 e. The summed E-state index contributed by atoms with van der Waals surface area (Å²) in [7, 11) is -3.57. The maximum Gasteiger partial charge on any atom is 0.242 e. The van der Waals surface area contributed by atoms with Crippen molar-refractivity contribution in [1.82, 2.24) is 9.71 Å². The third kappa shape index (κ3) is 3.53. The fourth-order valence-corrected chi connectivity index (χ4v) is 2.55. The molecule has 0 amide bonds. The lowest BCUT2D eigenvalue weighted by molar-refractivity contribution is 0.581. The molecule has 4 N–H and O–H groups in total. The molecule has 2 aromatic rings. The highest BCUT2D eigenvalue weighted by atomic mass is 32.2. The van der Waals surface area contributed by atoms with Gasteiger partial charge in [-0.05, 0) is 24.6 Å². The number of rotatable bonds is 5. The van der Waals surface area contributed by atoms with Gasteiger partial charge in [0.2, 0.25) is 10.0 Å². The van der Waals surface area contributed by atoms with Gasteiger partial charge in [-0.15, -0.1) is 0 Å². The number of benzene rings is 1. The number of hydrazine groups is 1. The first-order chi connectivity index (χ1) is 9.51. The van der Waals surface area contributed by atoms with Crippen molar-refractivity contribution in [1.29, 1.82) is 0 Å². The first kappa shape index (κ1) is 14.4. The molecule has 1 heterocycles. The van der Waals surface area contributed by atoms with Crippen LogP contribution < -0.4 is 16.0 Å². The van der Waals surface area contributed by atoms with Crippen LogP contribution in [0.2, 0.25) is 0 Å². The second kappa shape index (κ2) is 6.00. The van der Waals surface area contributed by atoms with Gasteiger partial charge in [-0.3, -0.25) is 0 Å². The minimum atomic E-state index is -3.57. The second-order valence-corrected chi connectivity index (χ2v) is 6.10. The van der Waals surface area contributed by atoms with E-state index in [1.165, 1.54) is 18.3 Å². The molecule has 106 valence electrons. The first-order valence-electron chi connectivity index (χ1n) is 5.99. The third-order valence-electron chi connectivity index (χ3n) is 2.78. The van der Waals surface area contributed by atoms with Crippen molar-refractivity contribution in [3.05, 3.63) is 53.7 Å². The summed E-state index contributed by atoms with van der Waals surface area (Å²) in [6, 6.07) is 10.6. The van der Waals surface area contributed by atoms with Crippen LogP contribution in [0.4, 0.5) is 5.82 Å². The number of pyridine rings is 1. The molecule has 20 heavy (non-hydrogen) atoms. The summed E-state index contributed by atoms with van der Waals surface area (Å²) in [5, 5.41) is 0. The molecular weight excluding hydrogens is 276 g/mol. The van der Waals surface area contributed by atoms with Gasteiger partial charge in [0.1, 0.15) is 10.7 Å². The molecule has 0 saturated heterocycles. The Balaban J connectivity index is 2.08.